The van der Waals surface area contributed by atoms with Crippen molar-refractivity contribution in [1.82, 2.24) is 49.6 Å². The fourth-order valence-corrected chi connectivity index (χ4v) is 8.11. The molecule has 91 heavy (non-hydrogen) atoms. The maximum absolute atomic E-state index is 13.4. The van der Waals surface area contributed by atoms with Crippen molar-refractivity contribution in [2.75, 3.05) is 19.6 Å². The summed E-state index contributed by atoms with van der Waals surface area (Å²) in [6, 6.07) is 20.8. The summed E-state index contributed by atoms with van der Waals surface area (Å²) in [5.74, 6) is -4.93. The number of nitrogens with one attached hydrogen (secondary N) is 7. The molecule has 8 rings (SSSR count). The molecule has 0 unspecified atom stereocenters. The lowest BCUT2D eigenvalue weighted by molar-refractivity contribution is 0.00160. The molecular weight excluding hydrogens is 1320 g/mol. The van der Waals surface area contributed by atoms with Gasteiger partial charge in [-0.2, -0.15) is 0 Å². The summed E-state index contributed by atoms with van der Waals surface area (Å²) in [7, 11) is 0. The number of rotatable bonds is 11. The second kappa shape index (κ2) is 31.9. The number of hydrogen-bond acceptors (Lipinski definition) is 13. The van der Waals surface area contributed by atoms with Crippen LogP contribution >= 0.6 is 35.0 Å². The highest BCUT2D eigenvalue weighted by atomic mass is 127. The number of halogens is 5. The molecule has 4 aromatic carbocycles. The number of amides is 5. The van der Waals surface area contributed by atoms with E-state index in [1.54, 1.807) is 138 Å². The van der Waals surface area contributed by atoms with Gasteiger partial charge in [-0.1, -0.05) is 42.5 Å². The second-order valence-electron chi connectivity index (χ2n) is 23.7. The van der Waals surface area contributed by atoms with Gasteiger partial charge in [0.2, 0.25) is 0 Å². The van der Waals surface area contributed by atoms with Gasteiger partial charge in [-0.15, -0.1) is 19.0 Å². The Labute approximate surface area is 540 Å². The quantitative estimate of drug-likeness (QED) is 0.0275. The van der Waals surface area contributed by atoms with Gasteiger partial charge in [0, 0.05) is 16.3 Å². The summed E-state index contributed by atoms with van der Waals surface area (Å²) >= 11 is 2.20. The van der Waals surface area contributed by atoms with Crippen LogP contribution in [0, 0.1) is 21.0 Å². The number of benzene rings is 4. The average Bonchev–Trinajstić information content (AvgIpc) is 1.89. The number of H-pyrrole nitrogens is 6. The van der Waals surface area contributed by atoms with Gasteiger partial charge in [0.15, 0.2) is 17.5 Å². The van der Waals surface area contributed by atoms with Crippen LogP contribution in [0.3, 0.4) is 0 Å². The molecular formula is C63H73ClF3IN10O13. The van der Waals surface area contributed by atoms with Crippen LogP contribution in [0.15, 0.2) is 129 Å². The number of aromatic amines is 6. The zero-order valence-electron chi connectivity index (χ0n) is 52.1. The number of ether oxygens (including phenoxy) is 4. The standard InChI is InChI=1S/C23H17F3N4O3.C20H27N3O5.C13H23NO4.C7H5IN2O.ClH/c24-16-9-14(10-17(25)20(16)26)12-30-8-2-4-15(22(30)32)21(31)27-7-1-3-13-5-6-18-19(11-13)29-23(33)28-18;1-19(2,3)27-17(25)23(18(26)28-20(4,5)6)11-7-8-13-9-10-14-15(12-13)22-16(24)21-14;1-8-9-14(10(15)17-12(2,3)4)11(16)18-13(5,6)7;8-4-1-2-5-6(3-4)10-7(11)9-5;/h1-6,8-11H,7,12H2,(H,27,31)(H2,28,29,33);7-10,12H,11H2,1-6H3,(H2,21,22,24);8H,1,9H2,2-7H3;1-3H,(H2,9,10,11);1H/b3-1+;8-7+;;;. The molecule has 0 bridgehead atoms. The van der Waals surface area contributed by atoms with Crippen molar-refractivity contribution in [2.45, 2.75) is 112 Å². The topological polar surface area (TPSA) is 309 Å². The molecule has 0 radical (unpaired) electrons. The van der Waals surface area contributed by atoms with E-state index in [1.807, 2.05) is 24.3 Å². The van der Waals surface area contributed by atoms with Crippen molar-refractivity contribution in [2.24, 2.45) is 0 Å². The number of fused-ring (bicyclic) bond motifs is 3. The third kappa shape index (κ3) is 24.2. The monoisotopic (exact) mass is 1400 g/mol. The smallest absolute Gasteiger partial charge is 0.420 e. The Hall–Kier alpha value is -9.38. The summed E-state index contributed by atoms with van der Waals surface area (Å²) in [6.45, 7) is 24.1. The average molecular weight is 1400 g/mol. The molecule has 7 N–H and O–H groups in total. The van der Waals surface area contributed by atoms with Crippen molar-refractivity contribution in [3.8, 4) is 0 Å². The second-order valence-corrected chi connectivity index (χ2v) is 25.0. The molecule has 0 saturated heterocycles. The molecule has 8 aromatic rings. The lowest BCUT2D eigenvalue weighted by Crippen LogP contribution is -2.43. The van der Waals surface area contributed by atoms with Crippen LogP contribution in [0.1, 0.15) is 110 Å². The van der Waals surface area contributed by atoms with Crippen molar-refractivity contribution >= 4 is 111 Å². The van der Waals surface area contributed by atoms with Crippen LogP contribution < -0.4 is 27.9 Å². The van der Waals surface area contributed by atoms with E-state index in [1.165, 1.54) is 24.4 Å². The van der Waals surface area contributed by atoms with Gasteiger partial charge in [-0.3, -0.25) is 9.59 Å². The van der Waals surface area contributed by atoms with Gasteiger partial charge in [-0.25, -0.2) is 56.5 Å². The normalized spacial score (nSPS) is 11.5. The Morgan fingerprint density at radius 3 is 1.35 bits per heavy atom. The summed E-state index contributed by atoms with van der Waals surface area (Å²) in [5.41, 5.74) is 1.68. The van der Waals surface area contributed by atoms with E-state index in [0.29, 0.717) is 22.1 Å². The lowest BCUT2D eigenvalue weighted by Gasteiger charge is -2.28. The highest BCUT2D eigenvalue weighted by Crippen LogP contribution is 2.19. The Bertz CT molecular complexity index is 4130. The van der Waals surface area contributed by atoms with Crippen LogP contribution in [-0.4, -0.2) is 117 Å². The van der Waals surface area contributed by atoms with Crippen LogP contribution in [0.4, 0.5) is 32.3 Å². The van der Waals surface area contributed by atoms with Crippen molar-refractivity contribution < 1.29 is 56.1 Å². The van der Waals surface area contributed by atoms with Gasteiger partial charge < -0.3 is 58.7 Å². The molecule has 0 aliphatic rings. The van der Waals surface area contributed by atoms with E-state index in [0.717, 1.165) is 52.2 Å². The Balaban J connectivity index is 0.000000275. The Morgan fingerprint density at radius 1 is 0.549 bits per heavy atom. The van der Waals surface area contributed by atoms with Crippen LogP contribution in [0.5, 0.6) is 0 Å². The molecule has 4 heterocycles. The summed E-state index contributed by atoms with van der Waals surface area (Å²) < 4.78 is 63.1. The molecule has 0 spiro atoms. The van der Waals surface area contributed by atoms with Gasteiger partial charge in [0.25, 0.3) is 11.5 Å². The minimum atomic E-state index is -1.59. The van der Waals surface area contributed by atoms with E-state index >= 15 is 0 Å². The Kier molecular flexibility index (Phi) is 26.0. The molecule has 0 atom stereocenters. The number of carbonyl (C=O) groups excluding carboxylic acids is 5. The minimum absolute atomic E-state index is 0. The largest absolute Gasteiger partial charge is 0.443 e. The summed E-state index contributed by atoms with van der Waals surface area (Å²) in [6.07, 6.45) is 6.57. The summed E-state index contributed by atoms with van der Waals surface area (Å²) in [4.78, 5) is 125. The van der Waals surface area contributed by atoms with E-state index in [4.69, 9.17) is 18.9 Å². The minimum Gasteiger partial charge on any atom is -0.443 e. The first-order valence-electron chi connectivity index (χ1n) is 27.7. The van der Waals surface area contributed by atoms with Crippen molar-refractivity contribution in [1.29, 1.82) is 0 Å². The molecule has 23 nitrogen and oxygen atoms in total. The highest BCUT2D eigenvalue weighted by molar-refractivity contribution is 14.1. The number of imide groups is 2. The zero-order valence-corrected chi connectivity index (χ0v) is 55.0. The van der Waals surface area contributed by atoms with Crippen molar-refractivity contribution in [3.05, 3.63) is 195 Å². The zero-order chi connectivity index (χ0) is 67.1. The molecule has 0 aliphatic heterocycles. The van der Waals surface area contributed by atoms with Crippen LogP contribution in [0.25, 0.3) is 45.3 Å². The van der Waals surface area contributed by atoms with Crippen LogP contribution in [0.2, 0.25) is 0 Å². The lowest BCUT2D eigenvalue weighted by atomic mass is 10.2. The third-order valence-corrected chi connectivity index (χ3v) is 11.9. The molecule has 0 saturated carbocycles. The molecule has 5 amide bonds. The number of carbonyl (C=O) groups is 5. The maximum Gasteiger partial charge on any atom is 0.420 e. The first-order valence-corrected chi connectivity index (χ1v) is 28.8. The van der Waals surface area contributed by atoms with E-state index in [9.17, 15) is 56.3 Å². The van der Waals surface area contributed by atoms with Gasteiger partial charge in [-0.05, 0) is 189 Å². The van der Waals surface area contributed by atoms with E-state index in [2.05, 4.69) is 64.4 Å². The predicted octanol–water partition coefficient (Wildman–Crippen LogP) is 12.2. The SMILES string of the molecule is C=CCN(C(=O)OC(C)(C)C)C(=O)OC(C)(C)C.CC(C)(C)OC(=O)N(C/C=C/c1ccc2[nH]c(=O)[nH]c2c1)C(=O)OC(C)(C)C.Cl.O=C(NC/C=C/c1ccc2[nH]c(=O)[nH]c2c1)c1cccn(Cc2cc(F)c(F)c(F)c2)c1=O.O=c1[nH]c2ccc(I)cc2[nH]1. The van der Waals surface area contributed by atoms with Crippen molar-refractivity contribution in [3.63, 3.8) is 0 Å². The number of hydrogen-bond donors (Lipinski definition) is 7. The Morgan fingerprint density at radius 2 is 0.934 bits per heavy atom. The van der Waals surface area contributed by atoms with Gasteiger partial charge in [0.05, 0.1) is 52.7 Å². The maximum atomic E-state index is 13.4. The molecule has 0 aliphatic carbocycles. The first kappa shape index (κ1) is 74.1. The molecule has 28 heteroatoms. The molecule has 4 aromatic heterocycles. The first-order chi connectivity index (χ1) is 41.9. The fraction of sp³-hybridized carbons (Fsp3) is 0.317. The molecule has 488 valence electrons. The number of aromatic nitrogens is 7. The van der Waals surface area contributed by atoms with E-state index < -0.39 is 75.7 Å². The third-order valence-electron chi connectivity index (χ3n) is 11.3. The number of pyridine rings is 1. The number of nitrogens with zero attached hydrogens (tertiary/aromatic N) is 3. The summed E-state index contributed by atoms with van der Waals surface area (Å²) in [5, 5.41) is 2.60. The van der Waals surface area contributed by atoms with E-state index in [-0.39, 0.29) is 66.8 Å². The van der Waals surface area contributed by atoms with Gasteiger partial charge in [0.1, 0.15) is 28.0 Å². The fourth-order valence-electron chi connectivity index (χ4n) is 7.62. The van der Waals surface area contributed by atoms with Gasteiger partial charge >= 0.3 is 41.4 Å². The van der Waals surface area contributed by atoms with Crippen LogP contribution in [-0.2, 0) is 25.5 Å². The molecule has 0 fully saturated rings. The number of imidazole rings is 3. The predicted molar refractivity (Wildman–Crippen MR) is 352 cm³/mol. The highest BCUT2D eigenvalue weighted by Gasteiger charge is 2.32.